The quantitative estimate of drug-likeness (QED) is 0.282. The van der Waals surface area contributed by atoms with E-state index < -0.39 is 0 Å². The minimum atomic E-state index is -0.226. The Morgan fingerprint density at radius 3 is 1.88 bits per heavy atom. The number of rotatable bonds is 17. The lowest BCUT2D eigenvalue weighted by Crippen LogP contribution is -2.27. The van der Waals surface area contributed by atoms with Gasteiger partial charge in [-0.05, 0) is 27.2 Å². The third-order valence-electron chi connectivity index (χ3n) is 3.95. The maximum absolute atomic E-state index is 11.8. The molecule has 0 amide bonds. The number of hydrogen-bond acceptors (Lipinski definition) is 5. The Balaban J connectivity index is 3.60. The molecular weight excluding hydrogens is 320 g/mol. The largest absolute Gasteiger partial charge is 0.460 e. The summed E-state index contributed by atoms with van der Waals surface area (Å²) >= 11 is 0. The van der Waals surface area contributed by atoms with Gasteiger partial charge in [-0.2, -0.15) is 0 Å². The van der Waals surface area contributed by atoms with Crippen LogP contribution in [0.4, 0.5) is 0 Å². The van der Waals surface area contributed by atoms with E-state index in [9.17, 15) is 4.79 Å². The SMILES string of the molecule is CCCCCCCCCC(=O)OC(C)COC(C)COC(C)COC. The maximum Gasteiger partial charge on any atom is 0.306 e. The van der Waals surface area contributed by atoms with Gasteiger partial charge in [-0.1, -0.05) is 45.4 Å². The number of carbonyl (C=O) groups excluding carboxylic acids is 1. The fourth-order valence-corrected chi connectivity index (χ4v) is 2.47. The molecule has 0 radical (unpaired) electrons. The smallest absolute Gasteiger partial charge is 0.306 e. The van der Waals surface area contributed by atoms with Crippen molar-refractivity contribution >= 4 is 5.97 Å². The molecule has 0 aliphatic rings. The van der Waals surface area contributed by atoms with Gasteiger partial charge in [0.05, 0.1) is 32.0 Å². The first-order chi connectivity index (χ1) is 12.0. The van der Waals surface area contributed by atoms with E-state index in [1.807, 2.05) is 20.8 Å². The second-order valence-electron chi connectivity index (χ2n) is 6.92. The lowest BCUT2D eigenvalue weighted by molar-refractivity contribution is -0.153. The molecule has 5 heteroatoms. The van der Waals surface area contributed by atoms with Crippen LogP contribution < -0.4 is 0 Å². The van der Waals surface area contributed by atoms with Crippen molar-refractivity contribution in [1.82, 2.24) is 0 Å². The van der Waals surface area contributed by atoms with Gasteiger partial charge in [0.1, 0.15) is 6.10 Å². The van der Waals surface area contributed by atoms with Gasteiger partial charge in [-0.25, -0.2) is 0 Å². The Kier molecular flexibility index (Phi) is 16.4. The number of carbonyl (C=O) groups is 1. The molecule has 3 unspecified atom stereocenters. The molecule has 0 aliphatic carbocycles. The number of unbranched alkanes of at least 4 members (excludes halogenated alkanes) is 6. The Labute approximate surface area is 154 Å². The molecule has 0 aromatic heterocycles. The summed E-state index contributed by atoms with van der Waals surface area (Å²) in [4.78, 5) is 11.8. The average molecular weight is 361 g/mol. The van der Waals surface area contributed by atoms with E-state index in [0.717, 1.165) is 12.8 Å². The van der Waals surface area contributed by atoms with Crippen LogP contribution in [0.15, 0.2) is 0 Å². The van der Waals surface area contributed by atoms with Crippen LogP contribution >= 0.6 is 0 Å². The van der Waals surface area contributed by atoms with Crippen molar-refractivity contribution in [3.05, 3.63) is 0 Å². The van der Waals surface area contributed by atoms with Crippen molar-refractivity contribution in [1.29, 1.82) is 0 Å². The molecule has 0 rings (SSSR count). The predicted octanol–water partition coefficient (Wildman–Crippen LogP) is 4.52. The third kappa shape index (κ3) is 16.6. The highest BCUT2D eigenvalue weighted by Crippen LogP contribution is 2.09. The molecule has 0 saturated heterocycles. The Morgan fingerprint density at radius 1 is 0.760 bits per heavy atom. The lowest BCUT2D eigenvalue weighted by atomic mass is 10.1. The van der Waals surface area contributed by atoms with Crippen LogP contribution in [0.1, 0.15) is 79.1 Å². The summed E-state index contributed by atoms with van der Waals surface area (Å²) in [5, 5.41) is 0. The molecule has 150 valence electrons. The van der Waals surface area contributed by atoms with Gasteiger partial charge in [0, 0.05) is 13.5 Å². The minimum absolute atomic E-state index is 0.0384. The van der Waals surface area contributed by atoms with Crippen LogP contribution in [0.5, 0.6) is 0 Å². The van der Waals surface area contributed by atoms with Crippen LogP contribution in [0, 0.1) is 0 Å². The van der Waals surface area contributed by atoms with Gasteiger partial charge < -0.3 is 18.9 Å². The molecule has 5 nitrogen and oxygen atoms in total. The Hall–Kier alpha value is -0.650. The third-order valence-corrected chi connectivity index (χ3v) is 3.95. The van der Waals surface area contributed by atoms with Gasteiger partial charge in [0.15, 0.2) is 0 Å². The molecule has 0 saturated carbocycles. The van der Waals surface area contributed by atoms with Crippen molar-refractivity contribution in [2.75, 3.05) is 26.9 Å². The van der Waals surface area contributed by atoms with Gasteiger partial charge in [-0.15, -0.1) is 0 Å². The van der Waals surface area contributed by atoms with E-state index in [4.69, 9.17) is 18.9 Å². The fourth-order valence-electron chi connectivity index (χ4n) is 2.47. The monoisotopic (exact) mass is 360 g/mol. The second kappa shape index (κ2) is 16.8. The first-order valence-corrected chi connectivity index (χ1v) is 9.91. The zero-order valence-electron chi connectivity index (χ0n) is 17.1. The molecule has 0 heterocycles. The van der Waals surface area contributed by atoms with Crippen LogP contribution in [-0.4, -0.2) is 51.2 Å². The molecule has 0 fully saturated rings. The van der Waals surface area contributed by atoms with Gasteiger partial charge in [0.25, 0.3) is 0 Å². The molecule has 0 spiro atoms. The number of esters is 1. The topological polar surface area (TPSA) is 54.0 Å². The highest BCUT2D eigenvalue weighted by atomic mass is 16.6. The zero-order valence-corrected chi connectivity index (χ0v) is 17.1. The van der Waals surface area contributed by atoms with Gasteiger partial charge in [0.2, 0.25) is 0 Å². The number of methoxy groups -OCH3 is 1. The van der Waals surface area contributed by atoms with Gasteiger partial charge >= 0.3 is 5.97 Å². The Bertz CT molecular complexity index is 308. The van der Waals surface area contributed by atoms with E-state index in [1.165, 1.54) is 32.1 Å². The van der Waals surface area contributed by atoms with Crippen molar-refractivity contribution in [3.8, 4) is 0 Å². The van der Waals surface area contributed by atoms with E-state index in [1.54, 1.807) is 7.11 Å². The molecule has 3 atom stereocenters. The summed E-state index contributed by atoms with van der Waals surface area (Å²) in [5.74, 6) is -0.123. The fraction of sp³-hybridized carbons (Fsp3) is 0.950. The van der Waals surface area contributed by atoms with Crippen LogP contribution in [0.3, 0.4) is 0 Å². The van der Waals surface area contributed by atoms with E-state index in [0.29, 0.717) is 26.2 Å². The van der Waals surface area contributed by atoms with Crippen molar-refractivity contribution in [3.63, 3.8) is 0 Å². The molecule has 25 heavy (non-hydrogen) atoms. The summed E-state index contributed by atoms with van der Waals surface area (Å²) in [6, 6.07) is 0. The zero-order chi connectivity index (χ0) is 18.9. The maximum atomic E-state index is 11.8. The highest BCUT2D eigenvalue weighted by Gasteiger charge is 2.12. The predicted molar refractivity (Wildman–Crippen MR) is 101 cm³/mol. The van der Waals surface area contributed by atoms with Crippen LogP contribution in [-0.2, 0) is 23.7 Å². The van der Waals surface area contributed by atoms with Crippen LogP contribution in [0.25, 0.3) is 0 Å². The number of ether oxygens (including phenoxy) is 4. The Morgan fingerprint density at radius 2 is 1.28 bits per heavy atom. The summed E-state index contributed by atoms with van der Waals surface area (Å²) in [7, 11) is 1.66. The van der Waals surface area contributed by atoms with E-state index in [-0.39, 0.29) is 24.3 Å². The normalized spacial score (nSPS) is 14.9. The summed E-state index contributed by atoms with van der Waals surface area (Å²) in [6.45, 7) is 9.46. The molecular formula is C20H40O5. The number of hydrogen-bond donors (Lipinski definition) is 0. The van der Waals surface area contributed by atoms with E-state index in [2.05, 4.69) is 6.92 Å². The highest BCUT2D eigenvalue weighted by molar-refractivity contribution is 5.69. The summed E-state index contributed by atoms with van der Waals surface area (Å²) < 4.78 is 21.7. The summed E-state index contributed by atoms with van der Waals surface area (Å²) in [6.07, 6.45) is 8.69. The molecule has 0 bridgehead atoms. The second-order valence-corrected chi connectivity index (χ2v) is 6.92. The van der Waals surface area contributed by atoms with Crippen molar-refractivity contribution in [2.24, 2.45) is 0 Å². The minimum Gasteiger partial charge on any atom is -0.460 e. The van der Waals surface area contributed by atoms with Gasteiger partial charge in [-0.3, -0.25) is 4.79 Å². The summed E-state index contributed by atoms with van der Waals surface area (Å²) in [5.41, 5.74) is 0. The average Bonchev–Trinajstić information content (AvgIpc) is 2.57. The standard InChI is InChI=1S/C20H40O5/c1-6-7-8-9-10-11-12-13-20(21)25-19(4)16-24-18(3)15-23-17(2)14-22-5/h17-19H,6-16H2,1-5H3. The lowest BCUT2D eigenvalue weighted by Gasteiger charge is -2.19. The molecule has 0 aromatic rings. The first kappa shape index (κ1) is 24.4. The molecule has 0 aliphatic heterocycles. The molecule has 0 N–H and O–H groups in total. The van der Waals surface area contributed by atoms with Crippen molar-refractivity contribution < 1.29 is 23.7 Å². The first-order valence-electron chi connectivity index (χ1n) is 9.91. The molecule has 0 aromatic carbocycles. The van der Waals surface area contributed by atoms with E-state index >= 15 is 0 Å². The van der Waals surface area contributed by atoms with Crippen LogP contribution in [0.2, 0.25) is 0 Å². The van der Waals surface area contributed by atoms with Crippen molar-refractivity contribution in [2.45, 2.75) is 97.4 Å².